The van der Waals surface area contributed by atoms with Crippen LogP contribution in [0.4, 0.5) is 10.5 Å². The fourth-order valence-electron chi connectivity index (χ4n) is 3.31. The third kappa shape index (κ3) is 3.14. The monoisotopic (exact) mass is 393 g/mol. The molecule has 3 aromatic rings. The molecule has 1 aliphatic heterocycles. The van der Waals surface area contributed by atoms with Crippen molar-refractivity contribution in [3.8, 4) is 11.1 Å². The van der Waals surface area contributed by atoms with E-state index in [-0.39, 0.29) is 10.9 Å². The minimum absolute atomic E-state index is 0.247. The molecule has 28 heavy (non-hydrogen) atoms. The zero-order chi connectivity index (χ0) is 19.7. The zero-order valence-electron chi connectivity index (χ0n) is 15.3. The average molecular weight is 393 g/mol. The molecular weight excluding hydrogens is 374 g/mol. The van der Waals surface area contributed by atoms with E-state index in [1.165, 1.54) is 4.90 Å². The van der Waals surface area contributed by atoms with Gasteiger partial charge in [-0.3, -0.25) is 9.88 Å². The summed E-state index contributed by atoms with van der Waals surface area (Å²) in [5.41, 5.74) is 3.03. The first-order valence-electron chi connectivity index (χ1n) is 8.87. The second kappa shape index (κ2) is 7.09. The Hall–Kier alpha value is -3.19. The summed E-state index contributed by atoms with van der Waals surface area (Å²) in [6, 6.07) is 15.5. The third-order valence-corrected chi connectivity index (χ3v) is 6.72. The summed E-state index contributed by atoms with van der Waals surface area (Å²) in [5.74, 6) is 0. The van der Waals surface area contributed by atoms with Gasteiger partial charge in [0.15, 0.2) is 0 Å². The van der Waals surface area contributed by atoms with Crippen LogP contribution in [0.25, 0.3) is 11.1 Å². The highest BCUT2D eigenvalue weighted by atomic mass is 32.2. The summed E-state index contributed by atoms with van der Waals surface area (Å²) < 4.78 is 25.3. The van der Waals surface area contributed by atoms with E-state index in [2.05, 4.69) is 10.3 Å². The normalized spacial score (nSPS) is 13.5. The maximum Gasteiger partial charge on any atom is 0.321 e. The predicted molar refractivity (Wildman–Crippen MR) is 107 cm³/mol. The Morgan fingerprint density at radius 1 is 1.00 bits per heavy atom. The highest BCUT2D eigenvalue weighted by Crippen LogP contribution is 2.44. The van der Waals surface area contributed by atoms with Crippen molar-refractivity contribution in [2.45, 2.75) is 16.2 Å². The van der Waals surface area contributed by atoms with Gasteiger partial charge in [0.25, 0.3) is 0 Å². The number of fused-ring (bicyclic) bond motifs is 3. The largest absolute Gasteiger partial charge is 0.337 e. The molecule has 7 heteroatoms. The van der Waals surface area contributed by atoms with E-state index in [4.69, 9.17) is 0 Å². The predicted octanol–water partition coefficient (Wildman–Crippen LogP) is 3.28. The van der Waals surface area contributed by atoms with E-state index in [9.17, 15) is 13.2 Å². The Morgan fingerprint density at radius 2 is 1.71 bits per heavy atom. The number of nitrogens with zero attached hydrogens (tertiary/aromatic N) is 2. The highest BCUT2D eigenvalue weighted by molar-refractivity contribution is 7.92. The molecule has 0 bridgehead atoms. The van der Waals surface area contributed by atoms with E-state index >= 15 is 0 Å². The number of rotatable bonds is 4. The van der Waals surface area contributed by atoms with Crippen molar-refractivity contribution in [1.29, 1.82) is 0 Å². The lowest BCUT2D eigenvalue weighted by Gasteiger charge is -2.19. The first-order valence-corrected chi connectivity index (χ1v) is 10.4. The SMILES string of the molecule is CN(C(=O)NCCc1ccncc1)c1ccc2c(c1)-c1ccccc1S2(=O)=O. The number of nitrogens with one attached hydrogen (secondary N) is 1. The summed E-state index contributed by atoms with van der Waals surface area (Å²) in [4.78, 5) is 18.5. The third-order valence-electron chi connectivity index (χ3n) is 4.85. The van der Waals surface area contributed by atoms with Crippen LogP contribution in [0.2, 0.25) is 0 Å². The fraction of sp³-hybridized carbons (Fsp3) is 0.143. The molecule has 1 aliphatic rings. The Kier molecular flexibility index (Phi) is 4.60. The Labute approximate surface area is 163 Å². The second-order valence-electron chi connectivity index (χ2n) is 6.58. The summed E-state index contributed by atoms with van der Waals surface area (Å²) in [6.07, 6.45) is 4.15. The zero-order valence-corrected chi connectivity index (χ0v) is 16.1. The van der Waals surface area contributed by atoms with Gasteiger partial charge >= 0.3 is 6.03 Å². The van der Waals surface area contributed by atoms with Gasteiger partial charge in [-0.25, -0.2) is 13.2 Å². The van der Waals surface area contributed by atoms with E-state index in [0.29, 0.717) is 34.7 Å². The molecule has 0 atom stereocenters. The van der Waals surface area contributed by atoms with Crippen molar-refractivity contribution in [2.24, 2.45) is 0 Å². The van der Waals surface area contributed by atoms with Gasteiger partial charge < -0.3 is 5.32 Å². The van der Waals surface area contributed by atoms with Crippen molar-refractivity contribution in [3.63, 3.8) is 0 Å². The molecule has 0 saturated heterocycles. The Balaban J connectivity index is 1.52. The topological polar surface area (TPSA) is 79.4 Å². The summed E-state index contributed by atoms with van der Waals surface area (Å²) in [6.45, 7) is 0.495. The van der Waals surface area contributed by atoms with E-state index in [1.807, 2.05) is 18.2 Å². The molecule has 2 heterocycles. The quantitative estimate of drug-likeness (QED) is 0.577. The minimum Gasteiger partial charge on any atom is -0.337 e. The van der Waals surface area contributed by atoms with E-state index < -0.39 is 9.84 Å². The molecule has 2 aromatic carbocycles. The molecule has 0 aliphatic carbocycles. The van der Waals surface area contributed by atoms with Crippen LogP contribution in [0.3, 0.4) is 0 Å². The standard InChI is InChI=1S/C21H19N3O3S/c1-24(21(25)23-13-10-15-8-11-22-12-9-15)16-6-7-20-18(14-16)17-4-2-3-5-19(17)28(20,26)27/h2-9,11-12,14H,10,13H2,1H3,(H,23,25). The van der Waals surface area contributed by atoms with E-state index in [0.717, 1.165) is 5.56 Å². The fourth-order valence-corrected chi connectivity index (χ4v) is 4.98. The molecule has 0 unspecified atom stereocenters. The number of hydrogen-bond donors (Lipinski definition) is 1. The number of urea groups is 1. The maximum absolute atomic E-state index is 12.7. The van der Waals surface area contributed by atoms with Crippen molar-refractivity contribution < 1.29 is 13.2 Å². The van der Waals surface area contributed by atoms with Crippen molar-refractivity contribution in [3.05, 3.63) is 72.6 Å². The minimum atomic E-state index is -3.50. The van der Waals surface area contributed by atoms with Gasteiger partial charge in [-0.1, -0.05) is 18.2 Å². The molecule has 0 fully saturated rings. The molecule has 142 valence electrons. The Morgan fingerprint density at radius 3 is 2.50 bits per heavy atom. The van der Waals surface area contributed by atoms with Crippen molar-refractivity contribution in [1.82, 2.24) is 10.3 Å². The first kappa shape index (κ1) is 18.2. The summed E-state index contributed by atoms with van der Waals surface area (Å²) >= 11 is 0. The number of aromatic nitrogens is 1. The van der Waals surface area contributed by atoms with Crippen molar-refractivity contribution in [2.75, 3.05) is 18.5 Å². The number of carbonyl (C=O) groups excluding carboxylic acids is 1. The number of anilines is 1. The highest BCUT2D eigenvalue weighted by Gasteiger charge is 2.33. The van der Waals surface area contributed by atoms with Crippen LogP contribution >= 0.6 is 0 Å². The van der Waals surface area contributed by atoms with Gasteiger partial charge in [0.2, 0.25) is 9.84 Å². The van der Waals surface area contributed by atoms with Crippen LogP contribution in [0.1, 0.15) is 5.56 Å². The number of amides is 2. The lowest BCUT2D eigenvalue weighted by atomic mass is 10.1. The Bertz CT molecular complexity index is 1140. The second-order valence-corrected chi connectivity index (χ2v) is 8.46. The van der Waals surface area contributed by atoms with Crippen LogP contribution < -0.4 is 10.2 Å². The maximum atomic E-state index is 12.7. The number of hydrogen-bond acceptors (Lipinski definition) is 4. The molecule has 1 aromatic heterocycles. The van der Waals surface area contributed by atoms with Crippen LogP contribution in [0.5, 0.6) is 0 Å². The van der Waals surface area contributed by atoms with Gasteiger partial charge in [-0.05, 0) is 48.4 Å². The molecule has 0 radical (unpaired) electrons. The smallest absolute Gasteiger partial charge is 0.321 e. The molecular formula is C21H19N3O3S. The summed E-state index contributed by atoms with van der Waals surface area (Å²) in [7, 11) is -1.83. The molecule has 6 nitrogen and oxygen atoms in total. The van der Waals surface area contributed by atoms with Gasteiger partial charge in [0.1, 0.15) is 0 Å². The van der Waals surface area contributed by atoms with Crippen LogP contribution in [0.15, 0.2) is 76.8 Å². The first-order chi connectivity index (χ1) is 13.5. The van der Waals surface area contributed by atoms with Gasteiger partial charge in [0, 0.05) is 42.8 Å². The lowest BCUT2D eigenvalue weighted by molar-refractivity contribution is 0.247. The molecule has 1 N–H and O–H groups in total. The van der Waals surface area contributed by atoms with E-state index in [1.54, 1.807) is 55.8 Å². The van der Waals surface area contributed by atoms with Crippen LogP contribution in [0, 0.1) is 0 Å². The van der Waals surface area contributed by atoms with Crippen molar-refractivity contribution >= 4 is 21.6 Å². The lowest BCUT2D eigenvalue weighted by Crippen LogP contribution is -2.38. The number of pyridine rings is 1. The molecule has 2 amide bonds. The van der Waals surface area contributed by atoms with Gasteiger partial charge in [0.05, 0.1) is 9.79 Å². The van der Waals surface area contributed by atoms with Gasteiger partial charge in [-0.2, -0.15) is 0 Å². The number of carbonyl (C=O) groups is 1. The molecule has 4 rings (SSSR count). The molecule has 0 spiro atoms. The van der Waals surface area contributed by atoms with Crippen LogP contribution in [-0.4, -0.2) is 33.0 Å². The number of sulfone groups is 1. The van der Waals surface area contributed by atoms with Gasteiger partial charge in [-0.15, -0.1) is 0 Å². The van der Waals surface area contributed by atoms with Crippen LogP contribution in [-0.2, 0) is 16.3 Å². The number of benzene rings is 2. The summed E-state index contributed by atoms with van der Waals surface area (Å²) in [5, 5.41) is 2.88. The average Bonchev–Trinajstić information content (AvgIpc) is 2.95. The molecule has 0 saturated carbocycles.